The molecule has 1 amide bonds. The van der Waals surface area contributed by atoms with Crippen LogP contribution in [0.3, 0.4) is 0 Å². The van der Waals surface area contributed by atoms with Gasteiger partial charge >= 0.3 is 0 Å². The summed E-state index contributed by atoms with van der Waals surface area (Å²) in [4.78, 5) is 13.3. The molecule has 0 spiro atoms. The van der Waals surface area contributed by atoms with Crippen LogP contribution in [0.1, 0.15) is 38.5 Å². The Labute approximate surface area is 179 Å². The standard InChI is InChI=1S/C23H23N5OS/c29-22(14-7-16-4-1-2-5-16)24-18-10-8-17(9-11-18)19-12-13-21-25-26-23(28(21)27-19)20-6-3-15-30-20/h3,6,8-13,15-16H,1-2,4-5,7,14H2,(H,24,29). The number of anilines is 1. The molecule has 0 aliphatic heterocycles. The molecule has 3 aromatic heterocycles. The molecule has 4 aromatic rings. The van der Waals surface area contributed by atoms with Crippen LogP contribution in [0.25, 0.3) is 27.6 Å². The van der Waals surface area contributed by atoms with Gasteiger partial charge in [-0.1, -0.05) is 43.9 Å². The van der Waals surface area contributed by atoms with Gasteiger partial charge in [-0.2, -0.15) is 9.61 Å². The first-order valence-corrected chi connectivity index (χ1v) is 11.3. The van der Waals surface area contributed by atoms with Crippen LogP contribution in [0.15, 0.2) is 53.9 Å². The van der Waals surface area contributed by atoms with Crippen molar-refractivity contribution < 1.29 is 4.79 Å². The van der Waals surface area contributed by atoms with Crippen molar-refractivity contribution in [3.8, 4) is 22.0 Å². The van der Waals surface area contributed by atoms with E-state index in [0.29, 0.717) is 12.1 Å². The van der Waals surface area contributed by atoms with E-state index in [4.69, 9.17) is 5.10 Å². The summed E-state index contributed by atoms with van der Waals surface area (Å²) in [6.07, 6.45) is 6.79. The van der Waals surface area contributed by atoms with E-state index >= 15 is 0 Å². The normalized spacial score (nSPS) is 14.4. The predicted molar refractivity (Wildman–Crippen MR) is 119 cm³/mol. The summed E-state index contributed by atoms with van der Waals surface area (Å²) in [5.74, 6) is 1.57. The van der Waals surface area contributed by atoms with Crippen LogP contribution in [0.5, 0.6) is 0 Å². The van der Waals surface area contributed by atoms with Crippen LogP contribution in [-0.4, -0.2) is 25.7 Å². The van der Waals surface area contributed by atoms with Gasteiger partial charge in [0.05, 0.1) is 10.6 Å². The summed E-state index contributed by atoms with van der Waals surface area (Å²) < 4.78 is 1.78. The van der Waals surface area contributed by atoms with Crippen molar-refractivity contribution in [3.05, 3.63) is 53.9 Å². The average molecular weight is 418 g/mol. The molecule has 0 radical (unpaired) electrons. The maximum atomic E-state index is 12.3. The fraction of sp³-hybridized carbons (Fsp3) is 0.304. The Bertz CT molecular complexity index is 1140. The van der Waals surface area contributed by atoms with Gasteiger partial charge in [0.1, 0.15) is 0 Å². The van der Waals surface area contributed by atoms with E-state index in [-0.39, 0.29) is 5.91 Å². The molecule has 5 rings (SSSR count). The third kappa shape index (κ3) is 3.98. The molecule has 1 aromatic carbocycles. The number of fused-ring (bicyclic) bond motifs is 1. The van der Waals surface area contributed by atoms with Crippen molar-refractivity contribution in [2.45, 2.75) is 38.5 Å². The van der Waals surface area contributed by atoms with Crippen LogP contribution in [0, 0.1) is 5.92 Å². The summed E-state index contributed by atoms with van der Waals surface area (Å²) in [7, 11) is 0. The highest BCUT2D eigenvalue weighted by atomic mass is 32.1. The summed E-state index contributed by atoms with van der Waals surface area (Å²) >= 11 is 1.61. The zero-order valence-electron chi connectivity index (χ0n) is 16.6. The van der Waals surface area contributed by atoms with Gasteiger partial charge in [-0.25, -0.2) is 0 Å². The number of aromatic nitrogens is 4. The number of carbonyl (C=O) groups is 1. The molecule has 0 bridgehead atoms. The minimum atomic E-state index is 0.0966. The van der Waals surface area contributed by atoms with E-state index in [9.17, 15) is 4.79 Å². The minimum absolute atomic E-state index is 0.0966. The zero-order chi connectivity index (χ0) is 20.3. The smallest absolute Gasteiger partial charge is 0.224 e. The SMILES string of the molecule is O=C(CCC1CCCC1)Nc1ccc(-c2ccc3nnc(-c4cccs4)n3n2)cc1. The molecule has 7 heteroatoms. The van der Waals surface area contributed by atoms with E-state index in [1.165, 1.54) is 25.7 Å². The molecule has 1 fully saturated rings. The van der Waals surface area contributed by atoms with E-state index in [0.717, 1.165) is 40.0 Å². The first-order chi connectivity index (χ1) is 14.8. The van der Waals surface area contributed by atoms with Gasteiger partial charge in [0.25, 0.3) is 0 Å². The van der Waals surface area contributed by atoms with Gasteiger partial charge in [-0.05, 0) is 48.1 Å². The number of carbonyl (C=O) groups excluding carboxylic acids is 1. The van der Waals surface area contributed by atoms with E-state index < -0.39 is 0 Å². The van der Waals surface area contributed by atoms with Crippen molar-refractivity contribution in [1.82, 2.24) is 19.8 Å². The Morgan fingerprint density at radius 3 is 2.67 bits per heavy atom. The summed E-state index contributed by atoms with van der Waals surface area (Å²) in [6, 6.07) is 15.7. The maximum absolute atomic E-state index is 12.3. The second kappa shape index (κ2) is 8.36. The number of hydrogen-bond acceptors (Lipinski definition) is 5. The fourth-order valence-electron chi connectivity index (χ4n) is 4.08. The lowest BCUT2D eigenvalue weighted by Gasteiger charge is -2.09. The molecule has 152 valence electrons. The molecule has 3 heterocycles. The van der Waals surface area contributed by atoms with Gasteiger partial charge in [0.2, 0.25) is 5.91 Å². The Kier molecular flexibility index (Phi) is 5.27. The number of benzene rings is 1. The Morgan fingerprint density at radius 1 is 1.07 bits per heavy atom. The number of nitrogens with one attached hydrogen (secondary N) is 1. The quantitative estimate of drug-likeness (QED) is 0.454. The topological polar surface area (TPSA) is 72.2 Å². The number of amides is 1. The third-order valence-electron chi connectivity index (χ3n) is 5.72. The molecule has 1 aliphatic carbocycles. The van der Waals surface area contributed by atoms with Crippen LogP contribution in [0.2, 0.25) is 0 Å². The largest absolute Gasteiger partial charge is 0.326 e. The monoisotopic (exact) mass is 417 g/mol. The highest BCUT2D eigenvalue weighted by Crippen LogP contribution is 2.29. The average Bonchev–Trinajstić information content (AvgIpc) is 3.54. The number of thiophene rings is 1. The molecule has 0 unspecified atom stereocenters. The number of nitrogens with zero attached hydrogens (tertiary/aromatic N) is 4. The lowest BCUT2D eigenvalue weighted by molar-refractivity contribution is -0.116. The molecule has 1 aliphatic rings. The fourth-order valence-corrected chi connectivity index (χ4v) is 4.78. The molecule has 1 N–H and O–H groups in total. The van der Waals surface area contributed by atoms with Crippen molar-refractivity contribution >= 4 is 28.6 Å². The molecule has 0 atom stereocenters. The number of rotatable bonds is 6. The van der Waals surface area contributed by atoms with Crippen molar-refractivity contribution in [2.24, 2.45) is 5.92 Å². The molecule has 30 heavy (non-hydrogen) atoms. The lowest BCUT2D eigenvalue weighted by Crippen LogP contribution is -2.12. The van der Waals surface area contributed by atoms with Gasteiger partial charge in [-0.15, -0.1) is 21.5 Å². The Hall–Kier alpha value is -3.06. The first-order valence-electron chi connectivity index (χ1n) is 10.4. The van der Waals surface area contributed by atoms with Crippen LogP contribution < -0.4 is 5.32 Å². The summed E-state index contributed by atoms with van der Waals surface area (Å²) in [6.45, 7) is 0. The molecular weight excluding hydrogens is 394 g/mol. The zero-order valence-corrected chi connectivity index (χ0v) is 17.4. The lowest BCUT2D eigenvalue weighted by atomic mass is 10.0. The highest BCUT2D eigenvalue weighted by molar-refractivity contribution is 7.13. The van der Waals surface area contributed by atoms with Gasteiger partial charge < -0.3 is 5.32 Å². The maximum Gasteiger partial charge on any atom is 0.224 e. The second-order valence-electron chi connectivity index (χ2n) is 7.80. The molecule has 0 saturated heterocycles. The van der Waals surface area contributed by atoms with E-state index in [1.807, 2.05) is 53.9 Å². The van der Waals surface area contributed by atoms with Gasteiger partial charge in [0.15, 0.2) is 11.5 Å². The molecule has 1 saturated carbocycles. The molecule has 6 nitrogen and oxygen atoms in total. The van der Waals surface area contributed by atoms with Crippen molar-refractivity contribution in [1.29, 1.82) is 0 Å². The Morgan fingerprint density at radius 2 is 1.90 bits per heavy atom. The highest BCUT2D eigenvalue weighted by Gasteiger charge is 2.16. The minimum Gasteiger partial charge on any atom is -0.326 e. The summed E-state index contributed by atoms with van der Waals surface area (Å²) in [5.41, 5.74) is 3.35. The molecular formula is C23H23N5OS. The Balaban J connectivity index is 1.29. The van der Waals surface area contributed by atoms with Crippen molar-refractivity contribution in [3.63, 3.8) is 0 Å². The second-order valence-corrected chi connectivity index (χ2v) is 8.75. The van der Waals surface area contributed by atoms with Gasteiger partial charge in [-0.3, -0.25) is 4.79 Å². The van der Waals surface area contributed by atoms with Gasteiger partial charge in [0, 0.05) is 17.7 Å². The van der Waals surface area contributed by atoms with E-state index in [2.05, 4.69) is 15.5 Å². The van der Waals surface area contributed by atoms with Crippen LogP contribution >= 0.6 is 11.3 Å². The summed E-state index contributed by atoms with van der Waals surface area (Å²) in [5, 5.41) is 18.3. The van der Waals surface area contributed by atoms with Crippen molar-refractivity contribution in [2.75, 3.05) is 5.32 Å². The van der Waals surface area contributed by atoms with Crippen LogP contribution in [0.4, 0.5) is 5.69 Å². The third-order valence-corrected chi connectivity index (χ3v) is 6.59. The first kappa shape index (κ1) is 18.9. The predicted octanol–water partition coefficient (Wildman–Crippen LogP) is 5.43. The van der Waals surface area contributed by atoms with Crippen LogP contribution in [-0.2, 0) is 4.79 Å². The van der Waals surface area contributed by atoms with E-state index in [1.54, 1.807) is 15.9 Å². The number of hydrogen-bond donors (Lipinski definition) is 1.